The second-order valence-electron chi connectivity index (χ2n) is 5.37. The number of carbonyl (C=O) groups excluding carboxylic acids is 1. The molecule has 10 heteroatoms. The Morgan fingerprint density at radius 1 is 1.31 bits per heavy atom. The third-order valence-electron chi connectivity index (χ3n) is 3.57. The largest absolute Gasteiger partial charge is 0.497 e. The van der Waals surface area contributed by atoms with E-state index in [9.17, 15) is 4.79 Å². The number of carbonyl (C=O) groups is 1. The monoisotopic (exact) mass is 390 g/mol. The molecular formula is C16H18N6O2S2. The molecule has 0 spiro atoms. The average Bonchev–Trinajstić information content (AvgIpc) is 3.28. The van der Waals surface area contributed by atoms with Gasteiger partial charge in [0.1, 0.15) is 17.1 Å². The molecule has 136 valence electrons. The Labute approximate surface area is 159 Å². The Morgan fingerprint density at radius 3 is 2.69 bits per heavy atom. The van der Waals surface area contributed by atoms with E-state index in [4.69, 9.17) is 4.74 Å². The van der Waals surface area contributed by atoms with Crippen molar-refractivity contribution in [3.05, 3.63) is 30.6 Å². The first-order valence-electron chi connectivity index (χ1n) is 7.90. The zero-order valence-corrected chi connectivity index (χ0v) is 16.2. The van der Waals surface area contributed by atoms with E-state index < -0.39 is 0 Å². The molecule has 1 atom stereocenters. The molecule has 1 aromatic carbocycles. The van der Waals surface area contributed by atoms with E-state index in [0.717, 1.165) is 16.3 Å². The zero-order valence-electron chi connectivity index (χ0n) is 14.5. The Balaban J connectivity index is 1.67. The summed E-state index contributed by atoms with van der Waals surface area (Å²) in [5.74, 6) is 0.649. The topological polar surface area (TPSA) is 94.8 Å². The van der Waals surface area contributed by atoms with Gasteiger partial charge in [-0.2, -0.15) is 0 Å². The molecule has 0 radical (unpaired) electrons. The smallest absolute Gasteiger partial charge is 0.239 e. The standard InChI is InChI=1S/C16H18N6O2S2/c1-4-12(25-16-21-17-9-22(16)2)13(23)18-15-20-19-14(26-15)10-5-7-11(24-3)8-6-10/h5-9,12H,4H2,1-3H3,(H,18,20,23). The van der Waals surface area contributed by atoms with Crippen LogP contribution in [0.4, 0.5) is 5.13 Å². The molecule has 2 aromatic heterocycles. The third kappa shape index (κ3) is 4.20. The van der Waals surface area contributed by atoms with Gasteiger partial charge in [-0.05, 0) is 30.7 Å². The number of nitrogens with one attached hydrogen (secondary N) is 1. The predicted octanol–water partition coefficient (Wildman–Crippen LogP) is 2.85. The van der Waals surface area contributed by atoms with Gasteiger partial charge in [0.2, 0.25) is 11.0 Å². The molecule has 3 rings (SSSR count). The number of thioether (sulfide) groups is 1. The van der Waals surface area contributed by atoms with Gasteiger partial charge in [-0.1, -0.05) is 30.0 Å². The van der Waals surface area contributed by atoms with Crippen molar-refractivity contribution in [2.24, 2.45) is 7.05 Å². The number of methoxy groups -OCH3 is 1. The lowest BCUT2D eigenvalue weighted by Crippen LogP contribution is -2.24. The number of anilines is 1. The van der Waals surface area contributed by atoms with Crippen molar-refractivity contribution in [2.75, 3.05) is 12.4 Å². The second-order valence-corrected chi connectivity index (χ2v) is 7.52. The van der Waals surface area contributed by atoms with Crippen molar-refractivity contribution < 1.29 is 9.53 Å². The molecule has 3 aromatic rings. The lowest BCUT2D eigenvalue weighted by atomic mass is 10.2. The Hall–Kier alpha value is -2.46. The summed E-state index contributed by atoms with van der Waals surface area (Å²) in [6.07, 6.45) is 2.27. The summed E-state index contributed by atoms with van der Waals surface area (Å²) in [6.45, 7) is 1.95. The number of benzene rings is 1. The van der Waals surface area contributed by atoms with Crippen LogP contribution in [-0.2, 0) is 11.8 Å². The molecule has 0 fully saturated rings. The molecule has 0 bridgehead atoms. The summed E-state index contributed by atoms with van der Waals surface area (Å²) in [7, 11) is 3.47. The highest BCUT2D eigenvalue weighted by Crippen LogP contribution is 2.29. The van der Waals surface area contributed by atoms with Crippen LogP contribution >= 0.6 is 23.1 Å². The van der Waals surface area contributed by atoms with E-state index >= 15 is 0 Å². The van der Waals surface area contributed by atoms with E-state index in [1.807, 2.05) is 38.2 Å². The van der Waals surface area contributed by atoms with Crippen LogP contribution in [0.3, 0.4) is 0 Å². The summed E-state index contributed by atoms with van der Waals surface area (Å²) in [5, 5.41) is 20.5. The van der Waals surface area contributed by atoms with E-state index in [0.29, 0.717) is 16.7 Å². The molecule has 1 amide bonds. The number of aromatic nitrogens is 5. The van der Waals surface area contributed by atoms with Crippen molar-refractivity contribution >= 4 is 34.1 Å². The van der Waals surface area contributed by atoms with E-state index in [-0.39, 0.29) is 11.2 Å². The van der Waals surface area contributed by atoms with Gasteiger partial charge >= 0.3 is 0 Å². The number of rotatable bonds is 7. The maximum Gasteiger partial charge on any atom is 0.239 e. The predicted molar refractivity (Wildman–Crippen MR) is 101 cm³/mol. The maximum absolute atomic E-state index is 12.5. The lowest BCUT2D eigenvalue weighted by Gasteiger charge is -2.12. The highest BCUT2D eigenvalue weighted by molar-refractivity contribution is 8.00. The van der Waals surface area contributed by atoms with Gasteiger partial charge in [0, 0.05) is 12.6 Å². The van der Waals surface area contributed by atoms with Crippen LogP contribution in [-0.4, -0.2) is 43.2 Å². The van der Waals surface area contributed by atoms with Crippen LogP contribution in [0.5, 0.6) is 5.75 Å². The number of ether oxygens (including phenoxy) is 1. The fraction of sp³-hybridized carbons (Fsp3) is 0.312. The minimum Gasteiger partial charge on any atom is -0.497 e. The SMILES string of the molecule is CCC(Sc1nncn1C)C(=O)Nc1nnc(-c2ccc(OC)cc2)s1. The van der Waals surface area contributed by atoms with Crippen LogP contribution in [0.1, 0.15) is 13.3 Å². The molecule has 0 aliphatic rings. The summed E-state index contributed by atoms with van der Waals surface area (Å²) < 4.78 is 6.93. The number of aryl methyl sites for hydroxylation is 1. The van der Waals surface area contributed by atoms with Crippen LogP contribution < -0.4 is 10.1 Å². The second kappa shape index (κ2) is 8.28. The van der Waals surface area contributed by atoms with Gasteiger partial charge in [-0.3, -0.25) is 10.1 Å². The first kappa shape index (κ1) is 18.3. The van der Waals surface area contributed by atoms with Crippen molar-refractivity contribution in [1.82, 2.24) is 25.0 Å². The van der Waals surface area contributed by atoms with Gasteiger partial charge in [0.15, 0.2) is 5.16 Å². The van der Waals surface area contributed by atoms with Crippen LogP contribution in [0.2, 0.25) is 0 Å². The Morgan fingerprint density at radius 2 is 2.08 bits per heavy atom. The lowest BCUT2D eigenvalue weighted by molar-refractivity contribution is -0.115. The fourth-order valence-corrected chi connectivity index (χ4v) is 3.79. The number of hydrogen-bond donors (Lipinski definition) is 1. The van der Waals surface area contributed by atoms with Gasteiger partial charge in [0.05, 0.1) is 12.4 Å². The number of hydrogen-bond acceptors (Lipinski definition) is 8. The van der Waals surface area contributed by atoms with Crippen LogP contribution in [0.15, 0.2) is 35.7 Å². The highest BCUT2D eigenvalue weighted by Gasteiger charge is 2.21. The van der Waals surface area contributed by atoms with Gasteiger partial charge < -0.3 is 9.30 Å². The van der Waals surface area contributed by atoms with Gasteiger partial charge in [0.25, 0.3) is 0 Å². The van der Waals surface area contributed by atoms with E-state index in [1.165, 1.54) is 23.1 Å². The third-order valence-corrected chi connectivity index (χ3v) is 5.87. The molecule has 8 nitrogen and oxygen atoms in total. The Bertz CT molecular complexity index is 877. The molecule has 0 aliphatic carbocycles. The summed E-state index contributed by atoms with van der Waals surface area (Å²) in [4.78, 5) is 12.5. The van der Waals surface area contributed by atoms with Gasteiger partial charge in [-0.15, -0.1) is 20.4 Å². The normalized spacial score (nSPS) is 12.0. The van der Waals surface area contributed by atoms with Crippen molar-refractivity contribution in [3.8, 4) is 16.3 Å². The summed E-state index contributed by atoms with van der Waals surface area (Å²) >= 11 is 2.71. The highest BCUT2D eigenvalue weighted by atomic mass is 32.2. The summed E-state index contributed by atoms with van der Waals surface area (Å²) in [5.41, 5.74) is 0.921. The van der Waals surface area contributed by atoms with Crippen LogP contribution in [0.25, 0.3) is 10.6 Å². The number of nitrogens with zero attached hydrogens (tertiary/aromatic N) is 5. The van der Waals surface area contributed by atoms with Crippen molar-refractivity contribution in [3.63, 3.8) is 0 Å². The minimum absolute atomic E-state index is 0.127. The van der Waals surface area contributed by atoms with Crippen molar-refractivity contribution in [1.29, 1.82) is 0 Å². The fourth-order valence-electron chi connectivity index (χ4n) is 2.14. The molecule has 0 saturated heterocycles. The summed E-state index contributed by atoms with van der Waals surface area (Å²) in [6, 6.07) is 7.53. The molecule has 2 heterocycles. The number of amides is 1. The average molecular weight is 390 g/mol. The quantitative estimate of drug-likeness (QED) is 0.620. The molecule has 0 saturated carbocycles. The maximum atomic E-state index is 12.5. The first-order chi connectivity index (χ1) is 12.6. The first-order valence-corrected chi connectivity index (χ1v) is 9.59. The van der Waals surface area contributed by atoms with Crippen molar-refractivity contribution in [2.45, 2.75) is 23.8 Å². The molecular weight excluding hydrogens is 372 g/mol. The molecule has 26 heavy (non-hydrogen) atoms. The van der Waals surface area contributed by atoms with E-state index in [1.54, 1.807) is 18.0 Å². The molecule has 0 aliphatic heterocycles. The minimum atomic E-state index is -0.286. The van der Waals surface area contributed by atoms with E-state index in [2.05, 4.69) is 25.7 Å². The molecule has 1 unspecified atom stereocenters. The zero-order chi connectivity index (χ0) is 18.5. The van der Waals surface area contributed by atoms with Crippen LogP contribution in [0, 0.1) is 0 Å². The van der Waals surface area contributed by atoms with Gasteiger partial charge in [-0.25, -0.2) is 0 Å². The Kier molecular flexibility index (Phi) is 5.84. The molecule has 1 N–H and O–H groups in total.